The van der Waals surface area contributed by atoms with E-state index in [1.165, 1.54) is 23.1 Å². The van der Waals surface area contributed by atoms with Crippen molar-refractivity contribution in [3.63, 3.8) is 0 Å². The second kappa shape index (κ2) is 7.56. The number of fused-ring (bicyclic) bond motifs is 1. The van der Waals surface area contributed by atoms with Gasteiger partial charge < -0.3 is 14.5 Å². The summed E-state index contributed by atoms with van der Waals surface area (Å²) in [5.41, 5.74) is 3.75. The van der Waals surface area contributed by atoms with Crippen molar-refractivity contribution in [1.29, 1.82) is 0 Å². The molecule has 3 rings (SSSR count). The lowest BCUT2D eigenvalue weighted by molar-refractivity contribution is -0.161. The first-order valence-electron chi connectivity index (χ1n) is 8.16. The average molecular weight is 300 g/mol. The van der Waals surface area contributed by atoms with Crippen LogP contribution in [0.3, 0.4) is 0 Å². The summed E-state index contributed by atoms with van der Waals surface area (Å²) >= 11 is 0. The number of H-pyrrole nitrogens is 1. The molecule has 1 fully saturated rings. The molecule has 1 atom stereocenters. The van der Waals surface area contributed by atoms with Gasteiger partial charge in [0.15, 0.2) is 6.29 Å². The average Bonchev–Trinajstić information content (AvgIpc) is 2.92. The van der Waals surface area contributed by atoms with Crippen LogP contribution in [0.1, 0.15) is 36.9 Å². The molecule has 0 saturated carbocycles. The molecule has 0 amide bonds. The van der Waals surface area contributed by atoms with Gasteiger partial charge in [0.1, 0.15) is 0 Å². The van der Waals surface area contributed by atoms with Gasteiger partial charge in [-0.2, -0.15) is 0 Å². The fraction of sp³-hybridized carbons (Fsp3) is 0.500. The highest BCUT2D eigenvalue weighted by Crippen LogP contribution is 2.24. The maximum Gasteiger partial charge on any atom is 0.157 e. The van der Waals surface area contributed by atoms with Crippen LogP contribution in [0.5, 0.6) is 0 Å². The third-order valence-electron chi connectivity index (χ3n) is 4.19. The van der Waals surface area contributed by atoms with Gasteiger partial charge in [0, 0.05) is 35.6 Å². The number of nitrogens with zero attached hydrogens (tertiary/aromatic N) is 1. The highest BCUT2D eigenvalue weighted by atomic mass is 16.7. The highest BCUT2D eigenvalue weighted by Gasteiger charge is 2.15. The fourth-order valence-corrected chi connectivity index (χ4v) is 3.02. The Balaban J connectivity index is 1.68. The van der Waals surface area contributed by atoms with Crippen molar-refractivity contribution in [2.45, 2.75) is 44.8 Å². The highest BCUT2D eigenvalue weighted by molar-refractivity contribution is 5.83. The minimum absolute atomic E-state index is 0.0197. The molecule has 22 heavy (non-hydrogen) atoms. The molecule has 1 saturated heterocycles. The molecular formula is C18H24N2O2. The normalized spacial score (nSPS) is 18.6. The van der Waals surface area contributed by atoms with E-state index in [1.54, 1.807) is 0 Å². The van der Waals surface area contributed by atoms with Crippen molar-refractivity contribution in [3.8, 4) is 0 Å². The van der Waals surface area contributed by atoms with E-state index in [-0.39, 0.29) is 6.29 Å². The van der Waals surface area contributed by atoms with Crippen molar-refractivity contribution in [2.75, 3.05) is 13.2 Å². The molecule has 1 unspecified atom stereocenters. The Bertz CT molecular complexity index is 615. The van der Waals surface area contributed by atoms with Gasteiger partial charge >= 0.3 is 0 Å². The second-order valence-corrected chi connectivity index (χ2v) is 5.75. The first kappa shape index (κ1) is 15.3. The molecule has 0 radical (unpaired) electrons. The Morgan fingerprint density at radius 1 is 1.41 bits per heavy atom. The van der Waals surface area contributed by atoms with Gasteiger partial charge in [0.25, 0.3) is 0 Å². The molecule has 3 heterocycles. The SMILES string of the molecule is C=CCCc1[nH]c2ccncc2c1CCOC1CCCCO1. The molecule has 0 aliphatic carbocycles. The van der Waals surface area contributed by atoms with E-state index in [1.807, 2.05) is 24.5 Å². The summed E-state index contributed by atoms with van der Waals surface area (Å²) in [5.74, 6) is 0. The largest absolute Gasteiger partial charge is 0.358 e. The van der Waals surface area contributed by atoms with Gasteiger partial charge in [-0.25, -0.2) is 0 Å². The van der Waals surface area contributed by atoms with Crippen LogP contribution in [0, 0.1) is 0 Å². The van der Waals surface area contributed by atoms with Crippen LogP contribution in [0.15, 0.2) is 31.1 Å². The van der Waals surface area contributed by atoms with E-state index >= 15 is 0 Å². The number of nitrogens with one attached hydrogen (secondary N) is 1. The quantitative estimate of drug-likeness (QED) is 0.792. The summed E-state index contributed by atoms with van der Waals surface area (Å²) in [5, 5.41) is 1.20. The van der Waals surface area contributed by atoms with Crippen LogP contribution in [-0.4, -0.2) is 29.5 Å². The minimum atomic E-state index is -0.0197. The molecule has 4 nitrogen and oxygen atoms in total. The summed E-state index contributed by atoms with van der Waals surface area (Å²) in [4.78, 5) is 7.77. The molecule has 1 aliphatic heterocycles. The first-order valence-corrected chi connectivity index (χ1v) is 8.16. The lowest BCUT2D eigenvalue weighted by atomic mass is 10.1. The van der Waals surface area contributed by atoms with E-state index in [0.29, 0.717) is 6.61 Å². The second-order valence-electron chi connectivity index (χ2n) is 5.75. The van der Waals surface area contributed by atoms with Crippen LogP contribution in [0.4, 0.5) is 0 Å². The number of aromatic nitrogens is 2. The minimum Gasteiger partial charge on any atom is -0.358 e. The summed E-state index contributed by atoms with van der Waals surface area (Å²) in [6, 6.07) is 2.03. The van der Waals surface area contributed by atoms with E-state index < -0.39 is 0 Å². The van der Waals surface area contributed by atoms with Crippen molar-refractivity contribution in [1.82, 2.24) is 9.97 Å². The lowest BCUT2D eigenvalue weighted by Gasteiger charge is -2.22. The standard InChI is InChI=1S/C18H24N2O2/c1-2-3-6-16-14(15-13-19-10-8-17(15)20-16)9-12-22-18-7-4-5-11-21-18/h2,8,10,13,18,20H,1,3-7,9,11-12H2. The van der Waals surface area contributed by atoms with Gasteiger partial charge in [-0.15, -0.1) is 6.58 Å². The van der Waals surface area contributed by atoms with E-state index in [2.05, 4.69) is 16.5 Å². The van der Waals surface area contributed by atoms with Crippen LogP contribution < -0.4 is 0 Å². The van der Waals surface area contributed by atoms with Crippen LogP contribution in [0.25, 0.3) is 10.9 Å². The number of aryl methyl sites for hydroxylation is 1. The summed E-state index contributed by atoms with van der Waals surface area (Å²) in [6.45, 7) is 5.33. The third-order valence-corrected chi connectivity index (χ3v) is 4.19. The number of ether oxygens (including phenoxy) is 2. The molecule has 0 aromatic carbocycles. The number of rotatable bonds is 7. The van der Waals surface area contributed by atoms with E-state index in [0.717, 1.165) is 44.2 Å². The maximum absolute atomic E-state index is 5.89. The molecule has 0 spiro atoms. The zero-order chi connectivity index (χ0) is 15.2. The van der Waals surface area contributed by atoms with Crippen LogP contribution >= 0.6 is 0 Å². The molecule has 2 aromatic rings. The molecule has 4 heteroatoms. The number of pyridine rings is 1. The topological polar surface area (TPSA) is 47.1 Å². The molecule has 1 aliphatic rings. The summed E-state index contributed by atoms with van der Waals surface area (Å²) in [6.07, 6.45) is 11.9. The van der Waals surface area contributed by atoms with E-state index in [4.69, 9.17) is 9.47 Å². The van der Waals surface area contributed by atoms with Crippen LogP contribution in [0.2, 0.25) is 0 Å². The van der Waals surface area contributed by atoms with Gasteiger partial charge in [-0.3, -0.25) is 4.98 Å². The van der Waals surface area contributed by atoms with E-state index in [9.17, 15) is 0 Å². The Morgan fingerprint density at radius 3 is 3.18 bits per heavy atom. The predicted molar refractivity (Wildman–Crippen MR) is 87.9 cm³/mol. The zero-order valence-corrected chi connectivity index (χ0v) is 13.0. The van der Waals surface area contributed by atoms with Crippen molar-refractivity contribution < 1.29 is 9.47 Å². The number of hydrogen-bond acceptors (Lipinski definition) is 3. The van der Waals surface area contributed by atoms with Crippen molar-refractivity contribution >= 4 is 10.9 Å². The van der Waals surface area contributed by atoms with Gasteiger partial charge in [-0.05, 0) is 50.2 Å². The molecule has 1 N–H and O–H groups in total. The van der Waals surface area contributed by atoms with Crippen LogP contribution in [-0.2, 0) is 22.3 Å². The Hall–Kier alpha value is -1.65. The molecule has 0 bridgehead atoms. The Labute approximate surface area is 131 Å². The number of allylic oxidation sites excluding steroid dienone is 1. The van der Waals surface area contributed by atoms with Gasteiger partial charge in [0.05, 0.1) is 6.61 Å². The molecular weight excluding hydrogens is 276 g/mol. The Kier molecular flexibility index (Phi) is 5.24. The summed E-state index contributed by atoms with van der Waals surface area (Å²) < 4.78 is 11.5. The molecule has 2 aromatic heterocycles. The smallest absolute Gasteiger partial charge is 0.157 e. The third kappa shape index (κ3) is 3.57. The van der Waals surface area contributed by atoms with Gasteiger partial charge in [0.2, 0.25) is 0 Å². The number of hydrogen-bond donors (Lipinski definition) is 1. The fourth-order valence-electron chi connectivity index (χ4n) is 3.02. The predicted octanol–water partition coefficient (Wildman–Crippen LogP) is 3.77. The zero-order valence-electron chi connectivity index (χ0n) is 13.0. The Morgan fingerprint density at radius 2 is 2.36 bits per heavy atom. The maximum atomic E-state index is 5.89. The van der Waals surface area contributed by atoms with Crippen molar-refractivity contribution in [3.05, 3.63) is 42.4 Å². The lowest BCUT2D eigenvalue weighted by Crippen LogP contribution is -2.23. The van der Waals surface area contributed by atoms with Crippen molar-refractivity contribution in [2.24, 2.45) is 0 Å². The number of aromatic amines is 1. The summed E-state index contributed by atoms with van der Waals surface area (Å²) in [7, 11) is 0. The molecule has 118 valence electrons. The monoisotopic (exact) mass is 300 g/mol. The first-order chi connectivity index (χ1) is 10.9. The van der Waals surface area contributed by atoms with Gasteiger partial charge in [-0.1, -0.05) is 6.08 Å².